The second-order valence-corrected chi connectivity index (χ2v) is 8.00. The number of ether oxygens (including phenoxy) is 3. The normalized spacial score (nSPS) is 35.8. The van der Waals surface area contributed by atoms with Gasteiger partial charge in [-0.1, -0.05) is 13.8 Å². The molecule has 0 saturated heterocycles. The van der Waals surface area contributed by atoms with Crippen molar-refractivity contribution in [2.75, 3.05) is 7.11 Å². The highest BCUT2D eigenvalue weighted by Gasteiger charge is 2.51. The fourth-order valence-electron chi connectivity index (χ4n) is 4.16. The summed E-state index contributed by atoms with van der Waals surface area (Å²) in [5, 5.41) is 2.88. The average Bonchev–Trinajstić information content (AvgIpc) is 3.37. The molecule has 1 aliphatic heterocycles. The first-order chi connectivity index (χ1) is 12.3. The minimum Gasteiger partial charge on any atom is -0.443 e. The number of hydrogen-bond donors (Lipinski definition) is 1. The Balaban J connectivity index is 1.66. The summed E-state index contributed by atoms with van der Waals surface area (Å²) in [6.45, 7) is 6.04. The van der Waals surface area contributed by atoms with Crippen LogP contribution in [0.5, 0.6) is 0 Å². The van der Waals surface area contributed by atoms with E-state index in [0.29, 0.717) is 17.8 Å². The molecule has 4 rings (SSSR count). The zero-order chi connectivity index (χ0) is 18.6. The highest BCUT2D eigenvalue weighted by atomic mass is 16.6. The van der Waals surface area contributed by atoms with Gasteiger partial charge in [-0.25, -0.2) is 9.59 Å². The Morgan fingerprint density at radius 2 is 2.12 bits per heavy atom. The van der Waals surface area contributed by atoms with E-state index in [9.17, 15) is 9.59 Å². The van der Waals surface area contributed by atoms with Gasteiger partial charge in [-0.3, -0.25) is 0 Å². The molecule has 1 fully saturated rings. The van der Waals surface area contributed by atoms with Crippen LogP contribution in [0.15, 0.2) is 34.6 Å². The van der Waals surface area contributed by atoms with E-state index < -0.39 is 0 Å². The standard InChI is InChI=1S/C20H25NO5/c1-10-14-9-20(3)11(2)17(26-19(23)21-13-5-6-13)16(24-4)8-12(20)7-15(14)25-18(10)22/h7-8,11,13,16-17H,5-6,9H2,1-4H3,(H,21,23)/t11-,16?,17+,20+/m0/s1. The number of nitrogens with one attached hydrogen (secondary N) is 1. The summed E-state index contributed by atoms with van der Waals surface area (Å²) in [4.78, 5) is 24.1. The summed E-state index contributed by atoms with van der Waals surface area (Å²) >= 11 is 0. The van der Waals surface area contributed by atoms with Gasteiger partial charge < -0.3 is 19.5 Å². The topological polar surface area (TPSA) is 73.9 Å². The molecule has 6 heteroatoms. The summed E-state index contributed by atoms with van der Waals surface area (Å²) in [7, 11) is 1.62. The third-order valence-electron chi connectivity index (χ3n) is 6.33. The van der Waals surface area contributed by atoms with Crippen molar-refractivity contribution in [3.63, 3.8) is 0 Å². The molecule has 3 aliphatic carbocycles. The lowest BCUT2D eigenvalue weighted by Gasteiger charge is -2.48. The van der Waals surface area contributed by atoms with Crippen LogP contribution in [0.2, 0.25) is 0 Å². The van der Waals surface area contributed by atoms with Crippen molar-refractivity contribution in [1.82, 2.24) is 5.32 Å². The van der Waals surface area contributed by atoms with Crippen molar-refractivity contribution in [2.45, 2.75) is 58.3 Å². The third-order valence-corrected chi connectivity index (χ3v) is 6.33. The second kappa shape index (κ2) is 5.98. The lowest BCUT2D eigenvalue weighted by Crippen LogP contribution is -2.50. The Morgan fingerprint density at radius 1 is 1.38 bits per heavy atom. The number of alkyl carbamates (subject to hydrolysis) is 1. The predicted octanol–water partition coefficient (Wildman–Crippen LogP) is 3.00. The molecule has 26 heavy (non-hydrogen) atoms. The van der Waals surface area contributed by atoms with Crippen LogP contribution in [0.25, 0.3) is 0 Å². The number of allylic oxidation sites excluding steroid dienone is 3. The molecule has 140 valence electrons. The molecule has 0 spiro atoms. The number of carbonyl (C=O) groups is 2. The molecule has 0 aromatic heterocycles. The summed E-state index contributed by atoms with van der Waals surface area (Å²) in [6.07, 6.45) is 5.55. The number of fused-ring (bicyclic) bond motifs is 2. The van der Waals surface area contributed by atoms with Crippen LogP contribution >= 0.6 is 0 Å². The second-order valence-electron chi connectivity index (χ2n) is 8.00. The quantitative estimate of drug-likeness (QED) is 0.784. The van der Waals surface area contributed by atoms with Crippen molar-refractivity contribution in [2.24, 2.45) is 11.3 Å². The van der Waals surface area contributed by atoms with E-state index in [2.05, 4.69) is 19.2 Å². The third kappa shape index (κ3) is 2.67. The smallest absolute Gasteiger partial charge is 0.407 e. The first-order valence-corrected chi connectivity index (χ1v) is 9.19. The van der Waals surface area contributed by atoms with Gasteiger partial charge in [0.2, 0.25) is 0 Å². The van der Waals surface area contributed by atoms with Gasteiger partial charge in [0.1, 0.15) is 18.0 Å². The van der Waals surface area contributed by atoms with Crippen LogP contribution in [0, 0.1) is 11.3 Å². The van der Waals surface area contributed by atoms with Gasteiger partial charge in [-0.05, 0) is 43.9 Å². The molecule has 6 nitrogen and oxygen atoms in total. The van der Waals surface area contributed by atoms with E-state index in [1.54, 1.807) is 14.0 Å². The average molecular weight is 359 g/mol. The molecule has 0 aromatic carbocycles. The SMILES string of the molecule is COC1C=C2C=C3OC(=O)C(C)=C3C[C@]2(C)[C@@H](C)[C@H]1OC(=O)NC1CC1. The van der Waals surface area contributed by atoms with Crippen LogP contribution in [0.1, 0.15) is 40.0 Å². The molecule has 1 amide bonds. The van der Waals surface area contributed by atoms with Crippen LogP contribution in [-0.2, 0) is 19.0 Å². The van der Waals surface area contributed by atoms with Crippen molar-refractivity contribution in [1.29, 1.82) is 0 Å². The van der Waals surface area contributed by atoms with Crippen LogP contribution < -0.4 is 5.32 Å². The Bertz CT molecular complexity index is 760. The lowest BCUT2D eigenvalue weighted by atomic mass is 9.60. The molecule has 0 bridgehead atoms. The molecule has 0 aromatic rings. The Kier molecular flexibility index (Phi) is 3.99. The summed E-state index contributed by atoms with van der Waals surface area (Å²) in [5.41, 5.74) is 2.44. The van der Waals surface area contributed by atoms with Gasteiger partial charge in [0.05, 0.1) is 0 Å². The number of rotatable bonds is 3. The monoisotopic (exact) mass is 359 g/mol. The summed E-state index contributed by atoms with van der Waals surface area (Å²) in [6, 6.07) is 0.249. The van der Waals surface area contributed by atoms with E-state index >= 15 is 0 Å². The van der Waals surface area contributed by atoms with Crippen molar-refractivity contribution >= 4 is 12.1 Å². The van der Waals surface area contributed by atoms with Crippen LogP contribution in [0.3, 0.4) is 0 Å². The Labute approximate surface area is 153 Å². The number of amides is 1. The molecule has 4 aliphatic rings. The predicted molar refractivity (Wildman–Crippen MR) is 94.1 cm³/mol. The summed E-state index contributed by atoms with van der Waals surface area (Å²) < 4.78 is 16.8. The van der Waals surface area contributed by atoms with E-state index in [-0.39, 0.29) is 41.6 Å². The van der Waals surface area contributed by atoms with Crippen LogP contribution in [-0.4, -0.2) is 37.4 Å². The first-order valence-electron chi connectivity index (χ1n) is 9.19. The number of methoxy groups -OCH3 is 1. The highest BCUT2D eigenvalue weighted by Crippen LogP contribution is 2.54. The van der Waals surface area contributed by atoms with Crippen LogP contribution in [0.4, 0.5) is 4.79 Å². The van der Waals surface area contributed by atoms with Gasteiger partial charge >= 0.3 is 12.1 Å². The Hall–Kier alpha value is -2.08. The fourth-order valence-corrected chi connectivity index (χ4v) is 4.16. The molecule has 1 saturated carbocycles. The molecule has 4 atom stereocenters. The van der Waals surface area contributed by atoms with Crippen molar-refractivity contribution < 1.29 is 23.8 Å². The highest BCUT2D eigenvalue weighted by molar-refractivity contribution is 5.94. The number of esters is 1. The van der Waals surface area contributed by atoms with E-state index in [1.165, 1.54) is 0 Å². The van der Waals surface area contributed by atoms with E-state index in [1.807, 2.05) is 12.2 Å². The lowest BCUT2D eigenvalue weighted by molar-refractivity contribution is -0.133. The molecule has 1 N–H and O–H groups in total. The number of carbonyl (C=O) groups excluding carboxylic acids is 2. The maximum atomic E-state index is 12.2. The Morgan fingerprint density at radius 3 is 2.77 bits per heavy atom. The molecular formula is C20H25NO5. The van der Waals surface area contributed by atoms with Gasteiger partial charge in [0.25, 0.3) is 0 Å². The maximum absolute atomic E-state index is 12.2. The van der Waals surface area contributed by atoms with Gasteiger partial charge in [0, 0.05) is 35.6 Å². The van der Waals surface area contributed by atoms with Gasteiger partial charge in [-0.2, -0.15) is 0 Å². The van der Waals surface area contributed by atoms with Gasteiger partial charge in [0.15, 0.2) is 0 Å². The maximum Gasteiger partial charge on any atom is 0.407 e. The summed E-state index contributed by atoms with van der Waals surface area (Å²) in [5.74, 6) is 0.386. The van der Waals surface area contributed by atoms with E-state index in [0.717, 1.165) is 24.0 Å². The zero-order valence-corrected chi connectivity index (χ0v) is 15.6. The fraction of sp³-hybridized carbons (Fsp3) is 0.600. The largest absolute Gasteiger partial charge is 0.443 e. The minimum atomic E-state index is -0.388. The van der Waals surface area contributed by atoms with E-state index in [4.69, 9.17) is 14.2 Å². The van der Waals surface area contributed by atoms with Crippen molar-refractivity contribution in [3.8, 4) is 0 Å². The first kappa shape index (κ1) is 17.3. The number of hydrogen-bond acceptors (Lipinski definition) is 5. The van der Waals surface area contributed by atoms with Gasteiger partial charge in [-0.15, -0.1) is 0 Å². The molecule has 1 heterocycles. The molecular weight excluding hydrogens is 334 g/mol. The molecule has 1 unspecified atom stereocenters. The molecule has 0 radical (unpaired) electrons. The minimum absolute atomic E-state index is 0.0196. The zero-order valence-electron chi connectivity index (χ0n) is 15.6. The van der Waals surface area contributed by atoms with Crippen molar-refractivity contribution in [3.05, 3.63) is 34.6 Å².